The van der Waals surface area contributed by atoms with Crippen LogP contribution in [0.3, 0.4) is 0 Å². The molecule has 3 atom stereocenters. The summed E-state index contributed by atoms with van der Waals surface area (Å²) in [6.07, 6.45) is 5.06. The summed E-state index contributed by atoms with van der Waals surface area (Å²) in [7, 11) is 1.66. The summed E-state index contributed by atoms with van der Waals surface area (Å²) in [4.78, 5) is 15.0. The van der Waals surface area contributed by atoms with Crippen LogP contribution in [0, 0.1) is 17.8 Å². The van der Waals surface area contributed by atoms with E-state index >= 15 is 0 Å². The number of carbonyl (C=O) groups is 1. The lowest BCUT2D eigenvalue weighted by atomic mass is 9.52. The zero-order valence-corrected chi connectivity index (χ0v) is 15.6. The van der Waals surface area contributed by atoms with Crippen LogP contribution in [-0.2, 0) is 5.54 Å². The number of urea groups is 1. The lowest BCUT2D eigenvalue weighted by Gasteiger charge is -2.59. The van der Waals surface area contributed by atoms with E-state index in [9.17, 15) is 9.90 Å². The number of ether oxygens (including phenoxy) is 1. The van der Waals surface area contributed by atoms with E-state index in [1.54, 1.807) is 7.11 Å². The number of hydrogen-bond donors (Lipinski definition) is 2. The molecule has 1 aromatic rings. The maximum absolute atomic E-state index is 12.9. The monoisotopic (exact) mass is 356 g/mol. The van der Waals surface area contributed by atoms with Gasteiger partial charge in [0, 0.05) is 12.6 Å². The topological polar surface area (TPSA) is 61.8 Å². The van der Waals surface area contributed by atoms with Crippen LogP contribution in [0.15, 0.2) is 24.3 Å². The molecule has 5 fully saturated rings. The van der Waals surface area contributed by atoms with Crippen LogP contribution in [0.25, 0.3) is 0 Å². The van der Waals surface area contributed by atoms with E-state index in [2.05, 4.69) is 17.1 Å². The molecule has 2 amide bonds. The predicted molar refractivity (Wildman–Crippen MR) is 97.9 cm³/mol. The fraction of sp³-hybridized carbons (Fsp3) is 0.667. The number of nitrogens with zero attached hydrogens (tertiary/aromatic N) is 1. The van der Waals surface area contributed by atoms with Gasteiger partial charge in [-0.2, -0.15) is 0 Å². The molecule has 0 radical (unpaired) electrons. The first kappa shape index (κ1) is 16.4. The Morgan fingerprint density at radius 3 is 2.38 bits per heavy atom. The molecule has 4 bridgehead atoms. The Bertz CT molecular complexity index is 717. The molecule has 3 unspecified atom stereocenters. The van der Waals surface area contributed by atoms with Gasteiger partial charge < -0.3 is 20.1 Å². The summed E-state index contributed by atoms with van der Waals surface area (Å²) in [6.45, 7) is 2.80. The molecule has 4 aliphatic carbocycles. The van der Waals surface area contributed by atoms with Gasteiger partial charge in [0.2, 0.25) is 0 Å². The molecule has 1 aliphatic heterocycles. The molecular weight excluding hydrogens is 328 g/mol. The van der Waals surface area contributed by atoms with Crippen molar-refractivity contribution in [3.8, 4) is 5.75 Å². The van der Waals surface area contributed by atoms with E-state index in [0.717, 1.165) is 30.6 Å². The van der Waals surface area contributed by atoms with E-state index in [1.165, 1.54) is 12.8 Å². The number of rotatable bonds is 3. The maximum Gasteiger partial charge on any atom is 0.318 e. The second-order valence-electron chi connectivity index (χ2n) is 9.30. The molecule has 0 spiro atoms. The quantitative estimate of drug-likeness (QED) is 0.875. The van der Waals surface area contributed by atoms with Gasteiger partial charge in [-0.3, -0.25) is 0 Å². The molecule has 1 heterocycles. The molecule has 5 aliphatic rings. The summed E-state index contributed by atoms with van der Waals surface area (Å²) < 4.78 is 5.25. The van der Waals surface area contributed by atoms with Crippen molar-refractivity contribution in [2.45, 2.75) is 56.2 Å². The lowest BCUT2D eigenvalue weighted by molar-refractivity contribution is -0.152. The van der Waals surface area contributed by atoms with Crippen molar-refractivity contribution in [1.82, 2.24) is 10.2 Å². The first-order valence-corrected chi connectivity index (χ1v) is 9.85. The lowest BCUT2D eigenvalue weighted by Crippen LogP contribution is -2.62. The van der Waals surface area contributed by atoms with Crippen molar-refractivity contribution in [3.63, 3.8) is 0 Å². The van der Waals surface area contributed by atoms with E-state index in [0.29, 0.717) is 24.3 Å². The first-order valence-electron chi connectivity index (χ1n) is 9.85. The van der Waals surface area contributed by atoms with E-state index in [4.69, 9.17) is 4.74 Å². The fourth-order valence-corrected chi connectivity index (χ4v) is 6.59. The Morgan fingerprint density at radius 2 is 1.81 bits per heavy atom. The molecule has 26 heavy (non-hydrogen) atoms. The highest BCUT2D eigenvalue weighted by Crippen LogP contribution is 2.57. The van der Waals surface area contributed by atoms with Crippen LogP contribution < -0.4 is 10.1 Å². The average molecular weight is 356 g/mol. The van der Waals surface area contributed by atoms with Crippen LogP contribution in [-0.4, -0.2) is 41.3 Å². The van der Waals surface area contributed by atoms with Gasteiger partial charge in [-0.1, -0.05) is 12.1 Å². The molecule has 1 aromatic carbocycles. The van der Waals surface area contributed by atoms with Gasteiger partial charge in [-0.25, -0.2) is 4.79 Å². The van der Waals surface area contributed by atoms with Crippen LogP contribution in [0.5, 0.6) is 5.75 Å². The third kappa shape index (κ3) is 2.36. The molecule has 0 aromatic heterocycles. The summed E-state index contributed by atoms with van der Waals surface area (Å²) in [5.41, 5.74) is 0.272. The van der Waals surface area contributed by atoms with E-state index in [1.807, 2.05) is 24.3 Å². The highest BCUT2D eigenvalue weighted by Gasteiger charge is 2.58. The predicted octanol–water partition coefficient (Wildman–Crippen LogP) is 2.88. The Hall–Kier alpha value is -1.75. The Balaban J connectivity index is 1.40. The summed E-state index contributed by atoms with van der Waals surface area (Å²) >= 11 is 0. The first-order chi connectivity index (χ1) is 12.4. The molecule has 6 rings (SSSR count). The smallest absolute Gasteiger partial charge is 0.318 e. The highest BCUT2D eigenvalue weighted by atomic mass is 16.5. The van der Waals surface area contributed by atoms with Crippen molar-refractivity contribution in [2.24, 2.45) is 17.8 Å². The second-order valence-corrected chi connectivity index (χ2v) is 9.30. The molecule has 5 nitrogen and oxygen atoms in total. The average Bonchev–Trinajstić information content (AvgIpc) is 2.89. The number of aliphatic hydroxyl groups is 1. The minimum absolute atomic E-state index is 0.0489. The number of benzene rings is 1. The molecule has 2 N–H and O–H groups in total. The van der Waals surface area contributed by atoms with Gasteiger partial charge >= 0.3 is 6.03 Å². The van der Waals surface area contributed by atoms with Gasteiger partial charge in [0.25, 0.3) is 0 Å². The van der Waals surface area contributed by atoms with Crippen LogP contribution >= 0.6 is 0 Å². The molecular formula is C21H28N2O3. The number of nitrogens with one attached hydrogen (secondary N) is 1. The standard InChI is InChI=1S/C21H28N2O3/c1-20(16-3-5-17(26-2)6-4-16)12-23(19(24)22-20)18-14-7-13-8-15(18)11-21(25,9-13)10-14/h3-6,13-15,18,25H,7-12H2,1-2H3,(H,22,24). The molecule has 4 saturated carbocycles. The van der Waals surface area contributed by atoms with Gasteiger partial charge in [0.15, 0.2) is 0 Å². The zero-order chi connectivity index (χ0) is 18.1. The Kier molecular flexibility index (Phi) is 3.40. The maximum atomic E-state index is 12.9. The van der Waals surface area contributed by atoms with Crippen molar-refractivity contribution < 1.29 is 14.6 Å². The largest absolute Gasteiger partial charge is 0.497 e. The van der Waals surface area contributed by atoms with E-state index in [-0.39, 0.29) is 17.6 Å². The highest BCUT2D eigenvalue weighted by molar-refractivity contribution is 5.79. The van der Waals surface area contributed by atoms with Crippen LogP contribution in [0.2, 0.25) is 0 Å². The molecule has 5 heteroatoms. The van der Waals surface area contributed by atoms with Crippen LogP contribution in [0.1, 0.15) is 44.6 Å². The summed E-state index contributed by atoms with van der Waals surface area (Å²) in [5.74, 6) is 2.39. The van der Waals surface area contributed by atoms with Gasteiger partial charge in [0.1, 0.15) is 5.75 Å². The second kappa shape index (κ2) is 5.38. The van der Waals surface area contributed by atoms with Crippen molar-refractivity contribution in [1.29, 1.82) is 0 Å². The molecule has 1 saturated heterocycles. The Labute approximate surface area is 154 Å². The zero-order valence-electron chi connectivity index (χ0n) is 15.6. The van der Waals surface area contributed by atoms with Crippen LogP contribution in [0.4, 0.5) is 4.79 Å². The minimum Gasteiger partial charge on any atom is -0.497 e. The third-order valence-electron chi connectivity index (χ3n) is 7.41. The third-order valence-corrected chi connectivity index (χ3v) is 7.41. The number of amides is 2. The number of carbonyl (C=O) groups excluding carboxylic acids is 1. The minimum atomic E-state index is -0.456. The van der Waals surface area contributed by atoms with E-state index < -0.39 is 5.60 Å². The van der Waals surface area contributed by atoms with Gasteiger partial charge in [-0.15, -0.1) is 0 Å². The number of methoxy groups -OCH3 is 1. The van der Waals surface area contributed by atoms with Gasteiger partial charge in [-0.05, 0) is 74.5 Å². The van der Waals surface area contributed by atoms with Gasteiger partial charge in [0.05, 0.1) is 18.2 Å². The summed E-state index contributed by atoms with van der Waals surface area (Å²) in [5, 5.41) is 14.1. The SMILES string of the molecule is COc1ccc(C2(C)CN(C3C4CC5CC3CC(O)(C5)C4)C(=O)N2)cc1. The fourth-order valence-electron chi connectivity index (χ4n) is 6.59. The Morgan fingerprint density at radius 1 is 1.15 bits per heavy atom. The summed E-state index contributed by atoms with van der Waals surface area (Å²) in [6, 6.07) is 8.33. The molecule has 140 valence electrons. The number of hydrogen-bond acceptors (Lipinski definition) is 3. The van der Waals surface area contributed by atoms with Crippen molar-refractivity contribution >= 4 is 6.03 Å². The normalized spacial score (nSPS) is 43.7. The van der Waals surface area contributed by atoms with Crippen molar-refractivity contribution in [3.05, 3.63) is 29.8 Å². The van der Waals surface area contributed by atoms with Crippen molar-refractivity contribution in [2.75, 3.05) is 13.7 Å².